The first-order chi connectivity index (χ1) is 5.77. The molecule has 0 aliphatic rings. The van der Waals surface area contributed by atoms with Crippen molar-refractivity contribution in [2.45, 2.75) is 46.0 Å². The highest BCUT2D eigenvalue weighted by Crippen LogP contribution is 2.08. The van der Waals surface area contributed by atoms with Crippen LogP contribution >= 0.6 is 0 Å². The molecule has 0 aromatic rings. The average Bonchev–Trinajstić information content (AvgIpc) is 2.02. The van der Waals surface area contributed by atoms with Gasteiger partial charge in [0.2, 0.25) is 0 Å². The van der Waals surface area contributed by atoms with Gasteiger partial charge in [-0.15, -0.1) is 0 Å². The van der Waals surface area contributed by atoms with E-state index < -0.39 is 0 Å². The average molecular weight is 168 g/mol. The van der Waals surface area contributed by atoms with Gasteiger partial charge < -0.3 is 4.79 Å². The fraction of sp³-hybridized carbons (Fsp3) is 0.727. The molecule has 0 fully saturated rings. The van der Waals surface area contributed by atoms with E-state index in [-0.39, 0.29) is 0 Å². The zero-order chi connectivity index (χ0) is 9.23. The lowest BCUT2D eigenvalue weighted by Crippen LogP contribution is -1.85. The zero-order valence-electron chi connectivity index (χ0n) is 8.25. The van der Waals surface area contributed by atoms with E-state index in [9.17, 15) is 4.79 Å². The Morgan fingerprint density at radius 1 is 1.17 bits per heavy atom. The zero-order valence-corrected chi connectivity index (χ0v) is 8.25. The van der Waals surface area contributed by atoms with E-state index in [0.29, 0.717) is 6.42 Å². The van der Waals surface area contributed by atoms with E-state index in [4.69, 9.17) is 0 Å². The van der Waals surface area contributed by atoms with Gasteiger partial charge in [-0.1, -0.05) is 38.8 Å². The molecule has 0 unspecified atom stereocenters. The molecular formula is C11H20O. The van der Waals surface area contributed by atoms with E-state index in [0.717, 1.165) is 18.6 Å². The molecule has 0 aliphatic heterocycles. The van der Waals surface area contributed by atoms with Gasteiger partial charge in [0, 0.05) is 6.42 Å². The van der Waals surface area contributed by atoms with Crippen molar-refractivity contribution >= 4 is 6.29 Å². The maximum Gasteiger partial charge on any atom is 0.123 e. The Hall–Kier alpha value is -0.590. The molecule has 0 N–H and O–H groups in total. The highest BCUT2D eigenvalue weighted by atomic mass is 16.1. The van der Waals surface area contributed by atoms with Crippen LogP contribution in [0, 0.1) is 5.92 Å². The number of allylic oxidation sites excluding steroid dienone is 2. The molecule has 0 saturated carbocycles. The standard InChI is InChI=1S/C11H20O/c1-11(2)9-7-5-3-4-6-8-10-12/h4,6,10-11H,3,5,7-9H2,1-2H3/b6-4+. The second kappa shape index (κ2) is 8.51. The number of unbranched alkanes of at least 4 members (excludes halogenated alkanes) is 2. The SMILES string of the molecule is CC(C)CCCC/C=C/CC=O. The predicted octanol–water partition coefficient (Wildman–Crippen LogP) is 3.35. The van der Waals surface area contributed by atoms with Crippen LogP contribution in [0.3, 0.4) is 0 Å². The van der Waals surface area contributed by atoms with Gasteiger partial charge in [-0.3, -0.25) is 0 Å². The van der Waals surface area contributed by atoms with E-state index >= 15 is 0 Å². The summed E-state index contributed by atoms with van der Waals surface area (Å²) in [6.07, 6.45) is 10.6. The third-order valence-corrected chi connectivity index (χ3v) is 1.80. The number of hydrogen-bond donors (Lipinski definition) is 0. The second-order valence-corrected chi connectivity index (χ2v) is 3.55. The number of hydrogen-bond acceptors (Lipinski definition) is 1. The summed E-state index contributed by atoms with van der Waals surface area (Å²) in [6, 6.07) is 0. The monoisotopic (exact) mass is 168 g/mol. The largest absolute Gasteiger partial charge is 0.303 e. The lowest BCUT2D eigenvalue weighted by atomic mass is 10.1. The molecule has 0 spiro atoms. The second-order valence-electron chi connectivity index (χ2n) is 3.55. The molecule has 70 valence electrons. The minimum absolute atomic E-state index is 0.574. The first kappa shape index (κ1) is 11.4. The maximum absolute atomic E-state index is 9.93. The lowest BCUT2D eigenvalue weighted by molar-refractivity contribution is -0.107. The Morgan fingerprint density at radius 3 is 2.50 bits per heavy atom. The first-order valence-corrected chi connectivity index (χ1v) is 4.86. The number of carbonyl (C=O) groups excluding carboxylic acids is 1. The molecular weight excluding hydrogens is 148 g/mol. The molecule has 12 heavy (non-hydrogen) atoms. The van der Waals surface area contributed by atoms with Crippen molar-refractivity contribution in [3.63, 3.8) is 0 Å². The van der Waals surface area contributed by atoms with Gasteiger partial charge in [0.15, 0.2) is 0 Å². The van der Waals surface area contributed by atoms with Crippen molar-refractivity contribution in [2.24, 2.45) is 5.92 Å². The van der Waals surface area contributed by atoms with E-state index in [1.54, 1.807) is 0 Å². The number of aldehydes is 1. The van der Waals surface area contributed by atoms with E-state index in [2.05, 4.69) is 19.9 Å². The Bertz CT molecular complexity index is 125. The molecule has 0 bridgehead atoms. The molecule has 0 aromatic carbocycles. The Balaban J connectivity index is 3.04. The van der Waals surface area contributed by atoms with Crippen molar-refractivity contribution in [2.75, 3.05) is 0 Å². The Morgan fingerprint density at radius 2 is 1.92 bits per heavy atom. The smallest absolute Gasteiger partial charge is 0.123 e. The van der Waals surface area contributed by atoms with Gasteiger partial charge in [-0.2, -0.15) is 0 Å². The van der Waals surface area contributed by atoms with E-state index in [1.807, 2.05) is 6.08 Å². The van der Waals surface area contributed by atoms with Crippen LogP contribution in [-0.4, -0.2) is 6.29 Å². The van der Waals surface area contributed by atoms with Crippen molar-refractivity contribution in [3.05, 3.63) is 12.2 Å². The molecule has 0 aliphatic carbocycles. The Labute approximate surface area is 75.9 Å². The summed E-state index contributed by atoms with van der Waals surface area (Å²) >= 11 is 0. The van der Waals surface area contributed by atoms with Gasteiger partial charge in [0.25, 0.3) is 0 Å². The van der Waals surface area contributed by atoms with Crippen molar-refractivity contribution in [1.82, 2.24) is 0 Å². The molecule has 0 rings (SSSR count). The topological polar surface area (TPSA) is 17.1 Å². The summed E-state index contributed by atoms with van der Waals surface area (Å²) < 4.78 is 0. The van der Waals surface area contributed by atoms with Crippen LogP contribution in [0.2, 0.25) is 0 Å². The minimum Gasteiger partial charge on any atom is -0.303 e. The molecule has 0 atom stereocenters. The lowest BCUT2D eigenvalue weighted by Gasteiger charge is -2.01. The normalized spacial score (nSPS) is 11.2. The van der Waals surface area contributed by atoms with Crippen LogP contribution < -0.4 is 0 Å². The number of carbonyl (C=O) groups is 1. The Kier molecular flexibility index (Phi) is 8.09. The molecule has 0 aromatic heterocycles. The van der Waals surface area contributed by atoms with E-state index in [1.165, 1.54) is 19.3 Å². The van der Waals surface area contributed by atoms with Crippen LogP contribution in [0.5, 0.6) is 0 Å². The van der Waals surface area contributed by atoms with Crippen molar-refractivity contribution in [1.29, 1.82) is 0 Å². The van der Waals surface area contributed by atoms with Gasteiger partial charge in [0.1, 0.15) is 6.29 Å². The van der Waals surface area contributed by atoms with Crippen molar-refractivity contribution in [3.8, 4) is 0 Å². The maximum atomic E-state index is 9.93. The molecule has 0 heterocycles. The number of rotatable bonds is 7. The minimum atomic E-state index is 0.574. The highest BCUT2D eigenvalue weighted by Gasteiger charge is 1.91. The molecule has 1 nitrogen and oxygen atoms in total. The van der Waals surface area contributed by atoms with Crippen LogP contribution in [0.15, 0.2) is 12.2 Å². The molecule has 0 saturated heterocycles. The summed E-state index contributed by atoms with van der Waals surface area (Å²) in [6.45, 7) is 4.50. The van der Waals surface area contributed by atoms with Gasteiger partial charge >= 0.3 is 0 Å². The van der Waals surface area contributed by atoms with Gasteiger partial charge in [-0.25, -0.2) is 0 Å². The predicted molar refractivity (Wildman–Crippen MR) is 53.1 cm³/mol. The quantitative estimate of drug-likeness (QED) is 0.324. The van der Waals surface area contributed by atoms with Crippen LogP contribution in [-0.2, 0) is 4.79 Å². The highest BCUT2D eigenvalue weighted by molar-refractivity contribution is 5.51. The van der Waals surface area contributed by atoms with Gasteiger partial charge in [-0.05, 0) is 18.8 Å². The third-order valence-electron chi connectivity index (χ3n) is 1.80. The third kappa shape index (κ3) is 9.41. The van der Waals surface area contributed by atoms with Gasteiger partial charge in [0.05, 0.1) is 0 Å². The van der Waals surface area contributed by atoms with Crippen LogP contribution in [0.1, 0.15) is 46.0 Å². The summed E-state index contributed by atoms with van der Waals surface area (Å²) in [5.74, 6) is 0.823. The van der Waals surface area contributed by atoms with Crippen LogP contribution in [0.25, 0.3) is 0 Å². The fourth-order valence-corrected chi connectivity index (χ4v) is 1.08. The van der Waals surface area contributed by atoms with Crippen LogP contribution in [0.4, 0.5) is 0 Å². The van der Waals surface area contributed by atoms with Crippen molar-refractivity contribution < 1.29 is 4.79 Å². The fourth-order valence-electron chi connectivity index (χ4n) is 1.08. The first-order valence-electron chi connectivity index (χ1n) is 4.86. The summed E-state index contributed by atoms with van der Waals surface area (Å²) in [5.41, 5.74) is 0. The summed E-state index contributed by atoms with van der Waals surface area (Å²) in [7, 11) is 0. The summed E-state index contributed by atoms with van der Waals surface area (Å²) in [5, 5.41) is 0. The molecule has 0 amide bonds. The molecule has 1 heteroatoms. The summed E-state index contributed by atoms with van der Waals surface area (Å²) in [4.78, 5) is 9.93. The molecule has 0 radical (unpaired) electrons.